The number of aryl methyl sites for hydroxylation is 1. The van der Waals surface area contributed by atoms with Gasteiger partial charge < -0.3 is 5.73 Å². The van der Waals surface area contributed by atoms with Crippen molar-refractivity contribution in [1.29, 1.82) is 0 Å². The summed E-state index contributed by atoms with van der Waals surface area (Å²) < 4.78 is 4.01. The highest BCUT2D eigenvalue weighted by molar-refractivity contribution is 9.10. The third-order valence-corrected chi connectivity index (χ3v) is 4.40. The third kappa shape index (κ3) is 2.17. The monoisotopic (exact) mass is 379 g/mol. The second-order valence-corrected chi connectivity index (χ2v) is 6.14. The van der Waals surface area contributed by atoms with Gasteiger partial charge in [-0.2, -0.15) is 0 Å². The number of halogens is 2. The number of benzene rings is 2. The molecule has 0 aliphatic heterocycles. The van der Waals surface area contributed by atoms with Gasteiger partial charge in [0.05, 0.1) is 16.7 Å². The molecule has 0 radical (unpaired) electrons. The van der Waals surface area contributed by atoms with Crippen LogP contribution in [0.15, 0.2) is 45.3 Å². The van der Waals surface area contributed by atoms with Crippen LogP contribution in [-0.4, -0.2) is 9.55 Å². The van der Waals surface area contributed by atoms with Crippen LogP contribution in [0.1, 0.15) is 5.56 Å². The Bertz CT molecular complexity index is 778. The van der Waals surface area contributed by atoms with E-state index in [1.165, 1.54) is 5.56 Å². The molecular weight excluding hydrogens is 370 g/mol. The van der Waals surface area contributed by atoms with Gasteiger partial charge in [-0.1, -0.05) is 37.9 Å². The molecule has 3 nitrogen and oxygen atoms in total. The average molecular weight is 381 g/mol. The fourth-order valence-electron chi connectivity index (χ4n) is 2.06. The number of nitrogens with zero attached hydrogens (tertiary/aromatic N) is 2. The Kier molecular flexibility index (Phi) is 3.11. The van der Waals surface area contributed by atoms with E-state index in [-0.39, 0.29) is 0 Å². The van der Waals surface area contributed by atoms with Gasteiger partial charge in [0.2, 0.25) is 5.95 Å². The number of hydrogen-bond donors (Lipinski definition) is 1. The van der Waals surface area contributed by atoms with E-state index in [2.05, 4.69) is 49.8 Å². The minimum Gasteiger partial charge on any atom is -0.369 e. The van der Waals surface area contributed by atoms with Crippen LogP contribution in [0.4, 0.5) is 5.95 Å². The quantitative estimate of drug-likeness (QED) is 0.678. The van der Waals surface area contributed by atoms with Gasteiger partial charge in [0.25, 0.3) is 0 Å². The first-order valence-corrected chi connectivity index (χ1v) is 7.35. The van der Waals surface area contributed by atoms with Crippen LogP contribution in [0.3, 0.4) is 0 Å². The molecule has 19 heavy (non-hydrogen) atoms. The second kappa shape index (κ2) is 4.65. The molecule has 2 N–H and O–H groups in total. The molecule has 0 aliphatic rings. The fourth-order valence-corrected chi connectivity index (χ4v) is 2.77. The SMILES string of the molecule is Cc1ccc(-n2c(N)nc3ccc(Br)cc32)cc1Br. The number of anilines is 1. The summed E-state index contributed by atoms with van der Waals surface area (Å²) in [5.41, 5.74) is 10.1. The Morgan fingerprint density at radius 2 is 1.89 bits per heavy atom. The van der Waals surface area contributed by atoms with E-state index in [9.17, 15) is 0 Å². The van der Waals surface area contributed by atoms with Gasteiger partial charge in [-0.3, -0.25) is 4.57 Å². The van der Waals surface area contributed by atoms with E-state index in [0.29, 0.717) is 5.95 Å². The zero-order valence-corrected chi connectivity index (χ0v) is 13.4. The molecule has 0 spiro atoms. The number of nitrogens with two attached hydrogens (primary N) is 1. The molecule has 3 rings (SSSR count). The van der Waals surface area contributed by atoms with Crippen LogP contribution in [0.5, 0.6) is 0 Å². The van der Waals surface area contributed by atoms with Crippen molar-refractivity contribution < 1.29 is 0 Å². The maximum Gasteiger partial charge on any atom is 0.205 e. The Morgan fingerprint density at radius 1 is 1.11 bits per heavy atom. The summed E-state index contributed by atoms with van der Waals surface area (Å²) in [6, 6.07) is 12.1. The van der Waals surface area contributed by atoms with Gasteiger partial charge in [0.1, 0.15) is 0 Å². The molecule has 3 aromatic rings. The fraction of sp³-hybridized carbons (Fsp3) is 0.0714. The molecule has 0 unspecified atom stereocenters. The number of nitrogen functional groups attached to an aromatic ring is 1. The lowest BCUT2D eigenvalue weighted by Gasteiger charge is -2.08. The summed E-state index contributed by atoms with van der Waals surface area (Å²) in [5, 5.41) is 0. The highest BCUT2D eigenvalue weighted by Gasteiger charge is 2.11. The molecule has 0 bridgehead atoms. The van der Waals surface area contributed by atoms with Crippen molar-refractivity contribution in [3.8, 4) is 5.69 Å². The van der Waals surface area contributed by atoms with Gasteiger partial charge >= 0.3 is 0 Å². The highest BCUT2D eigenvalue weighted by Crippen LogP contribution is 2.28. The van der Waals surface area contributed by atoms with Gasteiger partial charge in [0, 0.05) is 8.95 Å². The lowest BCUT2D eigenvalue weighted by atomic mass is 10.2. The van der Waals surface area contributed by atoms with Gasteiger partial charge in [0.15, 0.2) is 0 Å². The van der Waals surface area contributed by atoms with Gasteiger partial charge in [-0.25, -0.2) is 4.98 Å². The van der Waals surface area contributed by atoms with E-state index in [4.69, 9.17) is 5.73 Å². The summed E-state index contributed by atoms with van der Waals surface area (Å²) in [6.45, 7) is 2.06. The Hall–Kier alpha value is -1.33. The van der Waals surface area contributed by atoms with Gasteiger partial charge in [-0.15, -0.1) is 0 Å². The first-order valence-electron chi connectivity index (χ1n) is 5.76. The van der Waals surface area contributed by atoms with Crippen molar-refractivity contribution in [2.75, 3.05) is 5.73 Å². The topological polar surface area (TPSA) is 43.8 Å². The lowest BCUT2D eigenvalue weighted by molar-refractivity contribution is 1.10. The number of rotatable bonds is 1. The first-order chi connectivity index (χ1) is 9.06. The minimum atomic E-state index is 0.490. The van der Waals surface area contributed by atoms with Crippen LogP contribution in [-0.2, 0) is 0 Å². The van der Waals surface area contributed by atoms with E-state index < -0.39 is 0 Å². The Balaban J connectivity index is 2.31. The molecule has 0 aliphatic carbocycles. The van der Waals surface area contributed by atoms with Crippen LogP contribution < -0.4 is 5.73 Å². The van der Waals surface area contributed by atoms with Crippen molar-refractivity contribution in [3.63, 3.8) is 0 Å². The van der Waals surface area contributed by atoms with Crippen LogP contribution in [0.2, 0.25) is 0 Å². The Morgan fingerprint density at radius 3 is 2.63 bits per heavy atom. The summed E-state index contributed by atoms with van der Waals surface area (Å²) in [5.74, 6) is 0.490. The van der Waals surface area contributed by atoms with Crippen molar-refractivity contribution in [2.45, 2.75) is 6.92 Å². The molecule has 2 aromatic carbocycles. The number of fused-ring (bicyclic) bond motifs is 1. The maximum absolute atomic E-state index is 6.04. The standard InChI is InChI=1S/C14H11Br2N3/c1-8-2-4-10(7-11(8)16)19-13-6-9(15)3-5-12(13)18-14(19)17/h2-7H,1H3,(H2,17,18). The van der Waals surface area contributed by atoms with Crippen LogP contribution >= 0.6 is 31.9 Å². The molecule has 1 aromatic heterocycles. The minimum absolute atomic E-state index is 0.490. The molecular formula is C14H11Br2N3. The zero-order valence-electron chi connectivity index (χ0n) is 10.2. The zero-order chi connectivity index (χ0) is 13.6. The molecule has 0 fully saturated rings. The van der Waals surface area contributed by atoms with E-state index in [1.54, 1.807) is 0 Å². The molecule has 96 valence electrons. The van der Waals surface area contributed by atoms with Crippen molar-refractivity contribution in [2.24, 2.45) is 0 Å². The lowest BCUT2D eigenvalue weighted by Crippen LogP contribution is -2.00. The van der Waals surface area contributed by atoms with E-state index in [1.807, 2.05) is 34.9 Å². The predicted octanol–water partition coefficient (Wildman–Crippen LogP) is 4.44. The third-order valence-electron chi connectivity index (χ3n) is 3.06. The molecule has 0 saturated heterocycles. The summed E-state index contributed by atoms with van der Waals surface area (Å²) in [6.07, 6.45) is 0. The number of aromatic nitrogens is 2. The van der Waals surface area contributed by atoms with Gasteiger partial charge in [-0.05, 0) is 42.8 Å². The Labute approximate surface area is 127 Å². The van der Waals surface area contributed by atoms with E-state index >= 15 is 0 Å². The van der Waals surface area contributed by atoms with Crippen molar-refractivity contribution in [1.82, 2.24) is 9.55 Å². The second-order valence-electron chi connectivity index (χ2n) is 4.37. The largest absolute Gasteiger partial charge is 0.369 e. The van der Waals surface area contributed by atoms with Crippen LogP contribution in [0.25, 0.3) is 16.7 Å². The van der Waals surface area contributed by atoms with Crippen molar-refractivity contribution >= 4 is 48.8 Å². The first kappa shape index (κ1) is 12.7. The summed E-state index contributed by atoms with van der Waals surface area (Å²) in [4.78, 5) is 4.39. The summed E-state index contributed by atoms with van der Waals surface area (Å²) in [7, 11) is 0. The number of imidazole rings is 1. The van der Waals surface area contributed by atoms with Crippen molar-refractivity contribution in [3.05, 3.63) is 50.9 Å². The number of hydrogen-bond acceptors (Lipinski definition) is 2. The summed E-state index contributed by atoms with van der Waals surface area (Å²) >= 11 is 7.03. The molecule has 0 saturated carbocycles. The smallest absolute Gasteiger partial charge is 0.205 e. The normalized spacial score (nSPS) is 11.1. The molecule has 1 heterocycles. The van der Waals surface area contributed by atoms with E-state index in [0.717, 1.165) is 25.7 Å². The molecule has 0 amide bonds. The van der Waals surface area contributed by atoms with Crippen LogP contribution in [0, 0.1) is 6.92 Å². The molecule has 5 heteroatoms. The maximum atomic E-state index is 6.04. The predicted molar refractivity (Wildman–Crippen MR) is 85.6 cm³/mol. The molecule has 0 atom stereocenters. The highest BCUT2D eigenvalue weighted by atomic mass is 79.9. The average Bonchev–Trinajstić information content (AvgIpc) is 2.68.